The summed E-state index contributed by atoms with van der Waals surface area (Å²) in [5.74, 6) is 7.59. The molecule has 0 aromatic heterocycles. The van der Waals surface area contributed by atoms with Crippen molar-refractivity contribution in [1.82, 2.24) is 0 Å². The van der Waals surface area contributed by atoms with E-state index in [-0.39, 0.29) is 5.82 Å². The summed E-state index contributed by atoms with van der Waals surface area (Å²) < 4.78 is 15.2. The zero-order chi connectivity index (χ0) is 23.8. The third-order valence-corrected chi connectivity index (χ3v) is 7.26. The highest BCUT2D eigenvalue weighted by Gasteiger charge is 2.20. The average Bonchev–Trinajstić information content (AvgIpc) is 2.87. The Hall–Kier alpha value is -3.11. The summed E-state index contributed by atoms with van der Waals surface area (Å²) in [5, 5.41) is 1.61. The highest BCUT2D eigenvalue weighted by atomic mass is 19.1. The monoisotopic (exact) mass is 450 g/mol. The van der Waals surface area contributed by atoms with Crippen LogP contribution in [0.3, 0.4) is 0 Å². The van der Waals surface area contributed by atoms with Gasteiger partial charge in [0.2, 0.25) is 0 Å². The summed E-state index contributed by atoms with van der Waals surface area (Å²) in [6, 6.07) is 18.2. The van der Waals surface area contributed by atoms with Crippen LogP contribution >= 0.6 is 0 Å². The Bertz CT molecular complexity index is 1180. The topological polar surface area (TPSA) is 0 Å². The van der Waals surface area contributed by atoms with E-state index in [9.17, 15) is 0 Å². The summed E-state index contributed by atoms with van der Waals surface area (Å²) >= 11 is 0. The van der Waals surface area contributed by atoms with E-state index >= 15 is 4.39 Å². The number of hydrogen-bond acceptors (Lipinski definition) is 0. The lowest BCUT2D eigenvalue weighted by Gasteiger charge is -2.27. The molecule has 0 nitrogen and oxygen atoms in total. The Morgan fingerprint density at radius 1 is 0.794 bits per heavy atom. The summed E-state index contributed by atoms with van der Waals surface area (Å²) in [5.41, 5.74) is 3.91. The van der Waals surface area contributed by atoms with Crippen molar-refractivity contribution in [2.24, 2.45) is 11.8 Å². The molecule has 0 heterocycles. The predicted octanol–water partition coefficient (Wildman–Crippen LogP) is 8.81. The molecule has 1 heteroatoms. The lowest BCUT2D eigenvalue weighted by molar-refractivity contribution is 0.265. The van der Waals surface area contributed by atoms with E-state index in [1.807, 2.05) is 36.4 Å². The molecule has 0 saturated heterocycles. The molecule has 1 fully saturated rings. The molecule has 1 aliphatic rings. The first-order valence-electron chi connectivity index (χ1n) is 12.7. The second-order valence-corrected chi connectivity index (χ2v) is 9.71. The van der Waals surface area contributed by atoms with E-state index in [1.165, 1.54) is 43.2 Å². The van der Waals surface area contributed by atoms with Crippen LogP contribution in [0.5, 0.6) is 0 Å². The molecule has 3 aromatic carbocycles. The highest BCUT2D eigenvalue weighted by molar-refractivity contribution is 5.85. The van der Waals surface area contributed by atoms with E-state index < -0.39 is 0 Å². The van der Waals surface area contributed by atoms with Gasteiger partial charge in [-0.2, -0.15) is 0 Å². The Balaban J connectivity index is 1.40. The predicted molar refractivity (Wildman–Crippen MR) is 143 cm³/mol. The van der Waals surface area contributed by atoms with Crippen LogP contribution in [0.1, 0.15) is 67.2 Å². The molecule has 34 heavy (non-hydrogen) atoms. The molecule has 174 valence electrons. The van der Waals surface area contributed by atoms with Crippen molar-refractivity contribution >= 4 is 10.8 Å². The quantitative estimate of drug-likeness (QED) is 0.237. The summed E-state index contributed by atoms with van der Waals surface area (Å²) in [4.78, 5) is 0. The van der Waals surface area contributed by atoms with Crippen molar-refractivity contribution in [3.63, 3.8) is 0 Å². The number of hydrogen-bond donors (Lipinski definition) is 0. The molecular formula is C33H35F. The SMILES string of the molecule is C=CCCc1ccc(C#Cc2ccc3cc(CCC4CCC(CC=C)CC4)ccc3c2F)cc1. The van der Waals surface area contributed by atoms with Crippen molar-refractivity contribution in [3.8, 4) is 11.8 Å². The van der Waals surface area contributed by atoms with E-state index in [0.29, 0.717) is 10.9 Å². The van der Waals surface area contributed by atoms with Gasteiger partial charge in [-0.05, 0) is 91.5 Å². The van der Waals surface area contributed by atoms with Crippen LogP contribution in [-0.2, 0) is 12.8 Å². The van der Waals surface area contributed by atoms with Gasteiger partial charge in [-0.15, -0.1) is 13.2 Å². The number of rotatable bonds is 8. The first-order valence-corrected chi connectivity index (χ1v) is 12.7. The van der Waals surface area contributed by atoms with Gasteiger partial charge < -0.3 is 0 Å². The Kier molecular flexibility index (Phi) is 8.37. The van der Waals surface area contributed by atoms with Crippen molar-refractivity contribution in [3.05, 3.63) is 108 Å². The van der Waals surface area contributed by atoms with Crippen molar-refractivity contribution in [2.75, 3.05) is 0 Å². The maximum Gasteiger partial charge on any atom is 0.146 e. The van der Waals surface area contributed by atoms with Gasteiger partial charge in [-0.3, -0.25) is 0 Å². The van der Waals surface area contributed by atoms with Gasteiger partial charge in [-0.1, -0.05) is 73.2 Å². The summed E-state index contributed by atoms with van der Waals surface area (Å²) in [6.45, 7) is 7.65. The largest absolute Gasteiger partial charge is 0.205 e. The van der Waals surface area contributed by atoms with Crippen molar-refractivity contribution in [2.45, 2.75) is 57.8 Å². The first-order chi connectivity index (χ1) is 16.7. The molecule has 3 aromatic rings. The van der Waals surface area contributed by atoms with Crippen LogP contribution in [0.4, 0.5) is 4.39 Å². The molecular weight excluding hydrogens is 415 g/mol. The van der Waals surface area contributed by atoms with Gasteiger partial charge in [0.15, 0.2) is 0 Å². The zero-order valence-electron chi connectivity index (χ0n) is 20.2. The number of allylic oxidation sites excluding steroid dienone is 2. The second kappa shape index (κ2) is 11.8. The fourth-order valence-corrected chi connectivity index (χ4v) is 5.12. The molecule has 1 aliphatic carbocycles. The van der Waals surface area contributed by atoms with Crippen LogP contribution in [0, 0.1) is 29.5 Å². The third kappa shape index (κ3) is 6.27. The van der Waals surface area contributed by atoms with Crippen LogP contribution in [-0.4, -0.2) is 0 Å². The Morgan fingerprint density at radius 2 is 1.53 bits per heavy atom. The molecule has 0 unspecified atom stereocenters. The lowest BCUT2D eigenvalue weighted by atomic mass is 9.78. The Labute approximate surface area is 204 Å². The van der Waals surface area contributed by atoms with E-state index in [1.54, 1.807) is 0 Å². The first kappa shape index (κ1) is 24.0. The molecule has 0 N–H and O–H groups in total. The highest BCUT2D eigenvalue weighted by Crippen LogP contribution is 2.33. The van der Waals surface area contributed by atoms with Gasteiger partial charge in [0.1, 0.15) is 5.82 Å². The minimum atomic E-state index is -0.223. The van der Waals surface area contributed by atoms with Crippen LogP contribution in [0.25, 0.3) is 10.8 Å². The number of halogens is 1. The molecule has 0 aliphatic heterocycles. The van der Waals surface area contributed by atoms with Gasteiger partial charge in [0.05, 0.1) is 5.56 Å². The van der Waals surface area contributed by atoms with E-state index in [0.717, 1.165) is 48.5 Å². The number of fused-ring (bicyclic) bond motifs is 1. The smallest absolute Gasteiger partial charge is 0.146 e. The van der Waals surface area contributed by atoms with Gasteiger partial charge in [0.25, 0.3) is 0 Å². The molecule has 0 bridgehead atoms. The third-order valence-electron chi connectivity index (χ3n) is 7.26. The standard InChI is InChI=1S/C33H35F/c1-3-5-7-26-10-14-28(15-11-26)18-20-30-21-22-31-24-29(19-23-32(31)33(30)34)17-16-27-12-8-25(6-4-2)9-13-27/h3-4,10-11,14-15,19,21-25,27H,1-2,5-9,12-13,16-17H2. The average molecular weight is 451 g/mol. The maximum atomic E-state index is 15.2. The van der Waals surface area contributed by atoms with Crippen molar-refractivity contribution < 1.29 is 4.39 Å². The molecule has 0 atom stereocenters. The van der Waals surface area contributed by atoms with E-state index in [2.05, 4.69) is 55.3 Å². The molecule has 4 rings (SSSR count). The molecule has 0 radical (unpaired) electrons. The van der Waals surface area contributed by atoms with Gasteiger partial charge >= 0.3 is 0 Å². The van der Waals surface area contributed by atoms with Gasteiger partial charge in [0, 0.05) is 10.9 Å². The fraction of sp³-hybridized carbons (Fsp3) is 0.333. The molecule has 0 spiro atoms. The van der Waals surface area contributed by atoms with E-state index in [4.69, 9.17) is 0 Å². The van der Waals surface area contributed by atoms with Crippen molar-refractivity contribution in [1.29, 1.82) is 0 Å². The minimum absolute atomic E-state index is 0.223. The normalized spacial score (nSPS) is 17.7. The summed E-state index contributed by atoms with van der Waals surface area (Å²) in [7, 11) is 0. The van der Waals surface area contributed by atoms with Gasteiger partial charge in [-0.25, -0.2) is 4.39 Å². The molecule has 0 amide bonds. The second-order valence-electron chi connectivity index (χ2n) is 9.71. The zero-order valence-corrected chi connectivity index (χ0v) is 20.2. The summed E-state index contributed by atoms with van der Waals surface area (Å²) in [6.07, 6.45) is 14.7. The fourth-order valence-electron chi connectivity index (χ4n) is 5.12. The minimum Gasteiger partial charge on any atom is -0.205 e. The number of aryl methyl sites for hydroxylation is 2. The van der Waals surface area contributed by atoms with Crippen LogP contribution in [0.15, 0.2) is 79.9 Å². The maximum absolute atomic E-state index is 15.2. The van der Waals surface area contributed by atoms with Crippen LogP contribution < -0.4 is 0 Å². The Morgan fingerprint density at radius 3 is 2.26 bits per heavy atom. The molecule has 1 saturated carbocycles. The van der Waals surface area contributed by atoms with Crippen LogP contribution in [0.2, 0.25) is 0 Å². The lowest BCUT2D eigenvalue weighted by Crippen LogP contribution is -2.14. The number of benzene rings is 3.